The molecule has 6 nitrogen and oxygen atoms in total. The summed E-state index contributed by atoms with van der Waals surface area (Å²) < 4.78 is 5.16. The molecule has 1 aromatic heterocycles. The lowest BCUT2D eigenvalue weighted by atomic mass is 10.1. The lowest BCUT2D eigenvalue weighted by molar-refractivity contribution is 0.0525. The van der Waals surface area contributed by atoms with Crippen molar-refractivity contribution in [3.8, 4) is 0 Å². The van der Waals surface area contributed by atoms with E-state index in [1.807, 2.05) is 33.8 Å². The summed E-state index contributed by atoms with van der Waals surface area (Å²) in [7, 11) is 0. The van der Waals surface area contributed by atoms with Crippen LogP contribution in [0.15, 0.2) is 12.3 Å². The van der Waals surface area contributed by atoms with Crippen molar-refractivity contribution in [3.05, 3.63) is 23.4 Å². The first-order chi connectivity index (χ1) is 11.8. The van der Waals surface area contributed by atoms with Crippen LogP contribution in [-0.2, 0) is 4.74 Å². The molecule has 0 unspecified atom stereocenters. The number of aryl methyl sites for hydroxylation is 1. The van der Waals surface area contributed by atoms with Gasteiger partial charge in [-0.2, -0.15) is 0 Å². The van der Waals surface area contributed by atoms with E-state index in [1.54, 1.807) is 6.20 Å². The minimum atomic E-state index is -0.514. The molecule has 1 aliphatic rings. The Labute approximate surface area is 150 Å². The Morgan fingerprint density at radius 2 is 1.96 bits per heavy atom. The fourth-order valence-electron chi connectivity index (χ4n) is 2.88. The number of Topliss-reactive ketones (excluding diaryl/α,β-unsaturated/α-hetero) is 1. The fraction of sp³-hybridized carbons (Fsp3) is 0.632. The minimum Gasteiger partial charge on any atom is -0.444 e. The highest BCUT2D eigenvalue weighted by Crippen LogP contribution is 2.22. The molecule has 1 saturated heterocycles. The molecule has 1 aliphatic heterocycles. The second kappa shape index (κ2) is 8.32. The predicted octanol–water partition coefficient (Wildman–Crippen LogP) is 3.48. The van der Waals surface area contributed by atoms with Crippen LogP contribution in [0.25, 0.3) is 0 Å². The van der Waals surface area contributed by atoms with Crippen molar-refractivity contribution in [2.45, 2.75) is 59.0 Å². The maximum atomic E-state index is 12.3. The number of rotatable bonds is 6. The molecule has 1 aromatic rings. The van der Waals surface area contributed by atoms with Crippen LogP contribution in [0.4, 0.5) is 10.6 Å². The zero-order valence-corrected chi connectivity index (χ0v) is 15.7. The molecule has 0 aromatic carbocycles. The molecule has 0 bridgehead atoms. The Hall–Kier alpha value is -2.11. The number of carbonyl (C=O) groups excluding carboxylic acids is 2. The van der Waals surface area contributed by atoms with Gasteiger partial charge in [-0.25, -0.2) is 9.78 Å². The molecule has 1 N–H and O–H groups in total. The molecular weight excluding hydrogens is 318 g/mol. The molecule has 138 valence electrons. The van der Waals surface area contributed by atoms with Gasteiger partial charge in [0.25, 0.3) is 0 Å². The highest BCUT2D eigenvalue weighted by atomic mass is 16.6. The van der Waals surface area contributed by atoms with Crippen LogP contribution in [0.5, 0.6) is 0 Å². The Morgan fingerprint density at radius 3 is 2.56 bits per heavy atom. The summed E-state index contributed by atoms with van der Waals surface area (Å²) in [4.78, 5) is 30.6. The first-order valence-corrected chi connectivity index (χ1v) is 8.98. The summed E-state index contributed by atoms with van der Waals surface area (Å²) >= 11 is 0. The minimum absolute atomic E-state index is 0.0505. The van der Waals surface area contributed by atoms with Crippen LogP contribution in [0.3, 0.4) is 0 Å². The third-order valence-electron chi connectivity index (χ3n) is 4.03. The number of amides is 1. The highest BCUT2D eigenvalue weighted by Gasteiger charge is 2.18. The Morgan fingerprint density at radius 1 is 1.28 bits per heavy atom. The number of alkyl carbamates (subject to hydrolysis) is 1. The monoisotopic (exact) mass is 347 g/mol. The molecule has 2 heterocycles. The highest BCUT2D eigenvalue weighted by molar-refractivity contribution is 5.96. The van der Waals surface area contributed by atoms with Crippen LogP contribution in [0, 0.1) is 6.92 Å². The number of nitrogens with zero attached hydrogens (tertiary/aromatic N) is 2. The van der Waals surface area contributed by atoms with Gasteiger partial charge in [-0.15, -0.1) is 0 Å². The molecular formula is C19H29N3O3. The van der Waals surface area contributed by atoms with Crippen LogP contribution < -0.4 is 10.2 Å². The molecule has 0 radical (unpaired) electrons. The van der Waals surface area contributed by atoms with E-state index in [0.717, 1.165) is 24.5 Å². The normalized spacial score (nSPS) is 14.5. The van der Waals surface area contributed by atoms with Gasteiger partial charge < -0.3 is 15.0 Å². The Balaban J connectivity index is 1.79. The third kappa shape index (κ3) is 6.03. The average molecular weight is 347 g/mol. The van der Waals surface area contributed by atoms with E-state index in [-0.39, 0.29) is 5.78 Å². The molecule has 0 spiro atoms. The maximum Gasteiger partial charge on any atom is 0.407 e. The summed E-state index contributed by atoms with van der Waals surface area (Å²) in [5.41, 5.74) is 1.16. The zero-order chi connectivity index (χ0) is 18.4. The van der Waals surface area contributed by atoms with Gasteiger partial charge >= 0.3 is 6.09 Å². The second-order valence-electron chi connectivity index (χ2n) is 7.51. The van der Waals surface area contributed by atoms with Crippen molar-refractivity contribution in [3.63, 3.8) is 0 Å². The first-order valence-electron chi connectivity index (χ1n) is 8.98. The van der Waals surface area contributed by atoms with E-state index < -0.39 is 11.7 Å². The van der Waals surface area contributed by atoms with E-state index in [2.05, 4.69) is 15.2 Å². The maximum absolute atomic E-state index is 12.3. The standard InChI is InChI=1S/C19H29N3O3/c1-14-12-15(13-21-17(14)22-10-5-6-11-22)16(23)8-7-9-20-18(24)25-19(2,3)4/h12-13H,5-11H2,1-4H3,(H,20,24). The molecule has 0 aliphatic carbocycles. The fourth-order valence-corrected chi connectivity index (χ4v) is 2.88. The van der Waals surface area contributed by atoms with Crippen LogP contribution in [0.2, 0.25) is 0 Å². The van der Waals surface area contributed by atoms with Gasteiger partial charge in [0, 0.05) is 37.8 Å². The lowest BCUT2D eigenvalue weighted by Gasteiger charge is -2.19. The van der Waals surface area contributed by atoms with Gasteiger partial charge in [0.15, 0.2) is 5.78 Å². The van der Waals surface area contributed by atoms with Gasteiger partial charge in [0.1, 0.15) is 11.4 Å². The van der Waals surface area contributed by atoms with Crippen molar-refractivity contribution in [2.75, 3.05) is 24.5 Å². The van der Waals surface area contributed by atoms with E-state index in [0.29, 0.717) is 24.9 Å². The summed E-state index contributed by atoms with van der Waals surface area (Å²) in [6.07, 6.45) is 4.57. The zero-order valence-electron chi connectivity index (χ0n) is 15.7. The lowest BCUT2D eigenvalue weighted by Crippen LogP contribution is -2.33. The van der Waals surface area contributed by atoms with Crippen molar-refractivity contribution in [1.29, 1.82) is 0 Å². The van der Waals surface area contributed by atoms with E-state index in [1.165, 1.54) is 12.8 Å². The topological polar surface area (TPSA) is 71.5 Å². The number of ether oxygens (including phenoxy) is 1. The third-order valence-corrected chi connectivity index (χ3v) is 4.03. The first kappa shape index (κ1) is 19.2. The smallest absolute Gasteiger partial charge is 0.407 e. The molecule has 25 heavy (non-hydrogen) atoms. The average Bonchev–Trinajstić information content (AvgIpc) is 3.03. The predicted molar refractivity (Wildman–Crippen MR) is 98.2 cm³/mol. The number of ketones is 1. The largest absolute Gasteiger partial charge is 0.444 e. The van der Waals surface area contributed by atoms with Crippen LogP contribution in [-0.4, -0.2) is 42.1 Å². The van der Waals surface area contributed by atoms with Gasteiger partial charge in [-0.1, -0.05) is 0 Å². The molecule has 0 saturated carbocycles. The van der Waals surface area contributed by atoms with Gasteiger partial charge in [0.2, 0.25) is 0 Å². The summed E-state index contributed by atoms with van der Waals surface area (Å²) in [5.74, 6) is 1.04. The van der Waals surface area contributed by atoms with Gasteiger partial charge in [-0.3, -0.25) is 4.79 Å². The van der Waals surface area contributed by atoms with Crippen molar-refractivity contribution in [2.24, 2.45) is 0 Å². The number of carbonyl (C=O) groups is 2. The van der Waals surface area contributed by atoms with Gasteiger partial charge in [0.05, 0.1) is 0 Å². The van der Waals surface area contributed by atoms with Gasteiger partial charge in [-0.05, 0) is 58.6 Å². The second-order valence-corrected chi connectivity index (χ2v) is 7.51. The number of aromatic nitrogens is 1. The van der Waals surface area contributed by atoms with Crippen LogP contribution >= 0.6 is 0 Å². The number of hydrogen-bond acceptors (Lipinski definition) is 5. The molecule has 1 fully saturated rings. The SMILES string of the molecule is Cc1cc(C(=O)CCCNC(=O)OC(C)(C)C)cnc1N1CCCC1. The molecule has 6 heteroatoms. The quantitative estimate of drug-likeness (QED) is 0.630. The van der Waals surface area contributed by atoms with Crippen molar-refractivity contribution in [1.82, 2.24) is 10.3 Å². The number of pyridine rings is 1. The molecule has 1 amide bonds. The van der Waals surface area contributed by atoms with Crippen LogP contribution in [0.1, 0.15) is 62.4 Å². The van der Waals surface area contributed by atoms with E-state index >= 15 is 0 Å². The number of nitrogens with one attached hydrogen (secondary N) is 1. The Kier molecular flexibility index (Phi) is 6.39. The summed E-state index contributed by atoms with van der Waals surface area (Å²) in [6, 6.07) is 1.92. The van der Waals surface area contributed by atoms with Crippen molar-refractivity contribution < 1.29 is 14.3 Å². The molecule has 2 rings (SSSR count). The molecule has 0 atom stereocenters. The number of hydrogen-bond donors (Lipinski definition) is 1. The summed E-state index contributed by atoms with van der Waals surface area (Å²) in [5, 5.41) is 2.67. The van der Waals surface area contributed by atoms with E-state index in [9.17, 15) is 9.59 Å². The van der Waals surface area contributed by atoms with E-state index in [4.69, 9.17) is 4.74 Å². The summed E-state index contributed by atoms with van der Waals surface area (Å²) in [6.45, 7) is 9.95. The number of anilines is 1. The van der Waals surface area contributed by atoms with Crippen molar-refractivity contribution >= 4 is 17.7 Å². The Bertz CT molecular complexity index is 617.